The van der Waals surface area contributed by atoms with Gasteiger partial charge in [-0.2, -0.15) is 10.2 Å². The van der Waals surface area contributed by atoms with E-state index in [2.05, 4.69) is 21.9 Å². The zero-order valence-corrected chi connectivity index (χ0v) is 18.8. The largest absolute Gasteiger partial charge is 0.497 e. The second kappa shape index (κ2) is 9.34. The molecule has 0 aliphatic rings. The van der Waals surface area contributed by atoms with E-state index in [1.807, 2.05) is 24.3 Å². The molecule has 0 unspecified atom stereocenters. The molecule has 0 atom stereocenters. The summed E-state index contributed by atoms with van der Waals surface area (Å²) in [7, 11) is 4.58. The van der Waals surface area contributed by atoms with Crippen LogP contribution in [0.1, 0.15) is 11.1 Å². The number of nitrogens with zero attached hydrogens (tertiary/aromatic N) is 4. The minimum Gasteiger partial charge on any atom is -0.497 e. The van der Waals surface area contributed by atoms with Crippen molar-refractivity contribution in [1.29, 1.82) is 5.26 Å². The number of anilines is 2. The van der Waals surface area contributed by atoms with Gasteiger partial charge in [0, 0.05) is 23.2 Å². The Hall–Kier alpha value is -4.84. The highest BCUT2D eigenvalue weighted by atomic mass is 16.5. The minimum atomic E-state index is -0.560. The molecule has 1 N–H and O–H groups in total. The van der Waals surface area contributed by atoms with Crippen molar-refractivity contribution >= 4 is 28.7 Å². The van der Waals surface area contributed by atoms with Crippen LogP contribution >= 0.6 is 0 Å². The average molecular weight is 455 g/mol. The van der Waals surface area contributed by atoms with E-state index in [9.17, 15) is 10.1 Å². The molecule has 2 aromatic heterocycles. The molecular formula is C25H21N5O4. The van der Waals surface area contributed by atoms with E-state index in [0.29, 0.717) is 39.6 Å². The summed E-state index contributed by atoms with van der Waals surface area (Å²) >= 11 is 0. The van der Waals surface area contributed by atoms with Crippen LogP contribution in [-0.2, 0) is 0 Å². The molecule has 2 aromatic carbocycles. The first-order chi connectivity index (χ1) is 16.6. The van der Waals surface area contributed by atoms with Crippen LogP contribution in [0.3, 0.4) is 0 Å². The second-order valence-electron chi connectivity index (χ2n) is 7.04. The summed E-state index contributed by atoms with van der Waals surface area (Å²) in [6, 6.07) is 14.3. The molecule has 0 radical (unpaired) electrons. The lowest BCUT2D eigenvalue weighted by Crippen LogP contribution is -2.24. The Labute approximate surface area is 195 Å². The fourth-order valence-electron chi connectivity index (χ4n) is 3.63. The van der Waals surface area contributed by atoms with Crippen LogP contribution in [0.4, 0.5) is 11.6 Å². The molecule has 9 heteroatoms. The molecule has 0 bridgehead atoms. The van der Waals surface area contributed by atoms with Gasteiger partial charge in [-0.1, -0.05) is 24.8 Å². The number of nitriles is 1. The first-order valence-electron chi connectivity index (χ1n) is 10.2. The summed E-state index contributed by atoms with van der Waals surface area (Å²) in [5.74, 6) is 1.76. The zero-order chi connectivity index (χ0) is 24.2. The van der Waals surface area contributed by atoms with Crippen molar-refractivity contribution < 1.29 is 14.2 Å². The summed E-state index contributed by atoms with van der Waals surface area (Å²) in [5, 5.41) is 13.4. The zero-order valence-electron chi connectivity index (χ0n) is 18.8. The number of aromatic nitrogens is 3. The normalized spacial score (nSPS) is 10.4. The highest BCUT2D eigenvalue weighted by molar-refractivity contribution is 5.89. The van der Waals surface area contributed by atoms with Gasteiger partial charge in [0.2, 0.25) is 5.95 Å². The Balaban J connectivity index is 2.03. The fraction of sp³-hybridized carbons (Fsp3) is 0.120. The molecule has 0 saturated carbocycles. The van der Waals surface area contributed by atoms with Gasteiger partial charge in [0.05, 0.1) is 32.7 Å². The van der Waals surface area contributed by atoms with Crippen molar-refractivity contribution in [3.8, 4) is 29.0 Å². The summed E-state index contributed by atoms with van der Waals surface area (Å²) in [4.78, 5) is 22.5. The van der Waals surface area contributed by atoms with Crippen molar-refractivity contribution in [3.05, 3.63) is 76.7 Å². The Bertz CT molecular complexity index is 1500. The lowest BCUT2D eigenvalue weighted by Gasteiger charge is -2.17. The molecule has 9 nitrogen and oxygen atoms in total. The molecule has 0 aliphatic carbocycles. The Morgan fingerprint density at radius 3 is 2.53 bits per heavy atom. The molecule has 0 saturated heterocycles. The van der Waals surface area contributed by atoms with E-state index in [1.165, 1.54) is 24.9 Å². The van der Waals surface area contributed by atoms with Crippen molar-refractivity contribution in [3.63, 3.8) is 0 Å². The summed E-state index contributed by atoms with van der Waals surface area (Å²) in [6.45, 7) is 3.77. The van der Waals surface area contributed by atoms with Gasteiger partial charge in [-0.05, 0) is 24.3 Å². The topological polar surface area (TPSA) is 111 Å². The molecule has 0 amide bonds. The lowest BCUT2D eigenvalue weighted by molar-refractivity contribution is 0.393. The smallest absolute Gasteiger partial charge is 0.275 e. The van der Waals surface area contributed by atoms with E-state index >= 15 is 0 Å². The number of hydrogen-bond acceptors (Lipinski definition) is 8. The van der Waals surface area contributed by atoms with Gasteiger partial charge in [-0.15, -0.1) is 0 Å². The fourth-order valence-corrected chi connectivity index (χ4v) is 3.63. The predicted molar refractivity (Wildman–Crippen MR) is 129 cm³/mol. The summed E-state index contributed by atoms with van der Waals surface area (Å²) < 4.78 is 17.5. The van der Waals surface area contributed by atoms with Gasteiger partial charge >= 0.3 is 0 Å². The number of benzene rings is 2. The van der Waals surface area contributed by atoms with Crippen molar-refractivity contribution in [2.75, 3.05) is 26.6 Å². The number of hydrogen-bond donors (Lipinski definition) is 1. The van der Waals surface area contributed by atoms with Crippen LogP contribution in [0.25, 0.3) is 22.8 Å². The molecule has 0 fully saturated rings. The van der Waals surface area contributed by atoms with Crippen LogP contribution in [-0.4, -0.2) is 35.9 Å². The van der Waals surface area contributed by atoms with E-state index in [1.54, 1.807) is 37.6 Å². The van der Waals surface area contributed by atoms with E-state index < -0.39 is 5.56 Å². The van der Waals surface area contributed by atoms with E-state index in [4.69, 9.17) is 14.2 Å². The maximum absolute atomic E-state index is 13.5. The van der Waals surface area contributed by atoms with E-state index in [0.717, 1.165) is 0 Å². The number of rotatable bonds is 7. The molecular weight excluding hydrogens is 434 g/mol. The van der Waals surface area contributed by atoms with Gasteiger partial charge in [-0.25, -0.2) is 4.98 Å². The first-order valence-corrected chi connectivity index (χ1v) is 10.2. The second-order valence-corrected chi connectivity index (χ2v) is 7.04. The Morgan fingerprint density at radius 2 is 1.85 bits per heavy atom. The van der Waals surface area contributed by atoms with Crippen LogP contribution in [0.5, 0.6) is 17.2 Å². The molecule has 4 aromatic rings. The van der Waals surface area contributed by atoms with Crippen molar-refractivity contribution in [1.82, 2.24) is 14.5 Å². The Morgan fingerprint density at radius 1 is 1.09 bits per heavy atom. The number of para-hydroxylation sites is 2. The number of ether oxygens (including phenoxy) is 3. The number of nitrogens with one attached hydrogen (secondary N) is 1. The van der Waals surface area contributed by atoms with Gasteiger partial charge in [0.1, 0.15) is 28.9 Å². The monoisotopic (exact) mass is 455 g/mol. The molecule has 34 heavy (non-hydrogen) atoms. The highest BCUT2D eigenvalue weighted by Gasteiger charge is 2.21. The number of pyridine rings is 1. The highest BCUT2D eigenvalue weighted by Crippen LogP contribution is 2.31. The number of methoxy groups -OCH3 is 3. The minimum absolute atomic E-state index is 0.0746. The average Bonchev–Trinajstić information content (AvgIpc) is 2.88. The third-order valence-electron chi connectivity index (χ3n) is 5.25. The van der Waals surface area contributed by atoms with Crippen molar-refractivity contribution in [2.45, 2.75) is 0 Å². The van der Waals surface area contributed by atoms with E-state index in [-0.39, 0.29) is 17.2 Å². The Kier molecular flexibility index (Phi) is 6.14. The maximum atomic E-state index is 13.5. The lowest BCUT2D eigenvalue weighted by atomic mass is 10.1. The predicted octanol–water partition coefficient (Wildman–Crippen LogP) is 4.06. The van der Waals surface area contributed by atoms with Gasteiger partial charge in [0.25, 0.3) is 5.56 Å². The van der Waals surface area contributed by atoms with Gasteiger partial charge in [0.15, 0.2) is 5.65 Å². The quantitative estimate of drug-likeness (QED) is 0.444. The third-order valence-corrected chi connectivity index (χ3v) is 5.25. The maximum Gasteiger partial charge on any atom is 0.275 e. The summed E-state index contributed by atoms with van der Waals surface area (Å²) in [6.07, 6.45) is 3.00. The molecule has 4 rings (SSSR count). The molecule has 170 valence electrons. The molecule has 2 heterocycles. The SMILES string of the molecule is C=Cc1c(C#N)c(=O)n(-c2ccc(OC)cc2OC)c2nc(Nc3ccccc3OC)ncc12. The first kappa shape index (κ1) is 22.4. The van der Waals surface area contributed by atoms with Gasteiger partial charge < -0.3 is 19.5 Å². The van der Waals surface area contributed by atoms with Gasteiger partial charge in [-0.3, -0.25) is 9.36 Å². The van der Waals surface area contributed by atoms with Crippen LogP contribution in [0.15, 0.2) is 60.0 Å². The third kappa shape index (κ3) is 3.78. The number of fused-ring (bicyclic) bond motifs is 1. The summed E-state index contributed by atoms with van der Waals surface area (Å²) in [5.41, 5.74) is 1.04. The molecule has 0 spiro atoms. The molecule has 0 aliphatic heterocycles. The van der Waals surface area contributed by atoms with Crippen LogP contribution in [0.2, 0.25) is 0 Å². The van der Waals surface area contributed by atoms with Crippen LogP contribution < -0.4 is 25.1 Å². The van der Waals surface area contributed by atoms with Crippen molar-refractivity contribution in [2.24, 2.45) is 0 Å². The standard InChI is InChI=1S/C25H21N5O4/c1-5-16-17(13-26)24(31)30(20-11-10-15(32-2)12-22(20)34-4)23-18(16)14-27-25(29-23)28-19-8-6-7-9-21(19)33-3/h5-12,14H,1H2,2-4H3,(H,27,28,29). The van der Waals surface area contributed by atoms with Crippen LogP contribution in [0, 0.1) is 11.3 Å².